The Balaban J connectivity index is 2.47. The van der Waals surface area contributed by atoms with E-state index < -0.39 is 9.84 Å². The lowest BCUT2D eigenvalue weighted by Crippen LogP contribution is -2.15. The van der Waals surface area contributed by atoms with E-state index in [9.17, 15) is 8.42 Å². The van der Waals surface area contributed by atoms with Crippen LogP contribution in [0.5, 0.6) is 0 Å². The summed E-state index contributed by atoms with van der Waals surface area (Å²) < 4.78 is 23.8. The van der Waals surface area contributed by atoms with Crippen LogP contribution in [-0.4, -0.2) is 18.7 Å². The van der Waals surface area contributed by atoms with Crippen LogP contribution in [0.2, 0.25) is 0 Å². The van der Waals surface area contributed by atoms with Crippen LogP contribution < -0.4 is 0 Å². The average Bonchev–Trinajstić information content (AvgIpc) is 2.60. The summed E-state index contributed by atoms with van der Waals surface area (Å²) in [5.74, 6) is 0.105. The van der Waals surface area contributed by atoms with Gasteiger partial charge in [-0.05, 0) is 38.5 Å². The molecule has 1 N–H and O–H groups in total. The van der Waals surface area contributed by atoms with Crippen molar-refractivity contribution in [3.8, 4) is 0 Å². The van der Waals surface area contributed by atoms with E-state index in [-0.39, 0.29) is 11.0 Å². The third-order valence-electron chi connectivity index (χ3n) is 3.00. The van der Waals surface area contributed by atoms with Crippen LogP contribution in [0.3, 0.4) is 0 Å². The van der Waals surface area contributed by atoms with Crippen molar-refractivity contribution >= 4 is 20.7 Å². The van der Waals surface area contributed by atoms with E-state index in [2.05, 4.69) is 4.98 Å². The van der Waals surface area contributed by atoms with Gasteiger partial charge in [0.25, 0.3) is 0 Å². The molecule has 1 aromatic carbocycles. The van der Waals surface area contributed by atoms with Gasteiger partial charge in [0.1, 0.15) is 0 Å². The molecule has 0 aliphatic rings. The first-order valence-electron chi connectivity index (χ1n) is 5.68. The average molecular weight is 251 g/mol. The number of aromatic amines is 1. The first-order valence-corrected chi connectivity index (χ1v) is 7.40. The first-order chi connectivity index (χ1) is 7.90. The topological polar surface area (TPSA) is 49.9 Å². The van der Waals surface area contributed by atoms with Crippen LogP contribution in [0.25, 0.3) is 10.9 Å². The molecule has 0 amide bonds. The van der Waals surface area contributed by atoms with Crippen molar-refractivity contribution in [2.75, 3.05) is 0 Å². The molecule has 0 spiro atoms. The molecule has 4 heteroatoms. The van der Waals surface area contributed by atoms with E-state index in [1.807, 2.05) is 25.1 Å². The SMILES string of the molecule is Cc1ccc2[nH]cc(CS(=O)(=O)C(C)C)c2c1. The Labute approximate surface area is 102 Å². The minimum absolute atomic E-state index is 0.105. The summed E-state index contributed by atoms with van der Waals surface area (Å²) in [5, 5.41) is 0.673. The van der Waals surface area contributed by atoms with Crippen molar-refractivity contribution < 1.29 is 8.42 Å². The molecule has 0 fully saturated rings. The predicted octanol–water partition coefficient (Wildman–Crippen LogP) is 2.80. The zero-order valence-corrected chi connectivity index (χ0v) is 11.1. The van der Waals surface area contributed by atoms with Gasteiger partial charge in [-0.1, -0.05) is 11.6 Å². The van der Waals surface area contributed by atoms with Gasteiger partial charge in [-0.3, -0.25) is 0 Å². The second-order valence-corrected chi connectivity index (χ2v) is 7.28. The van der Waals surface area contributed by atoms with Crippen LogP contribution in [0, 0.1) is 6.92 Å². The molecule has 0 saturated carbocycles. The van der Waals surface area contributed by atoms with Gasteiger partial charge in [0.05, 0.1) is 11.0 Å². The van der Waals surface area contributed by atoms with E-state index in [4.69, 9.17) is 0 Å². The Morgan fingerprint density at radius 2 is 2.00 bits per heavy atom. The number of H-pyrrole nitrogens is 1. The Kier molecular flexibility index (Phi) is 3.00. The monoisotopic (exact) mass is 251 g/mol. The van der Waals surface area contributed by atoms with E-state index >= 15 is 0 Å². The third kappa shape index (κ3) is 2.36. The molecule has 0 saturated heterocycles. The largest absolute Gasteiger partial charge is 0.361 e. The maximum atomic E-state index is 11.9. The highest BCUT2D eigenvalue weighted by molar-refractivity contribution is 7.91. The number of hydrogen-bond acceptors (Lipinski definition) is 2. The Hall–Kier alpha value is -1.29. The summed E-state index contributed by atoms with van der Waals surface area (Å²) in [6.45, 7) is 5.44. The smallest absolute Gasteiger partial charge is 0.156 e. The number of rotatable bonds is 3. The van der Waals surface area contributed by atoms with Crippen molar-refractivity contribution in [3.63, 3.8) is 0 Å². The van der Waals surface area contributed by atoms with Gasteiger partial charge in [-0.15, -0.1) is 0 Å². The first kappa shape index (κ1) is 12.2. The molecular weight excluding hydrogens is 234 g/mol. The number of sulfone groups is 1. The van der Waals surface area contributed by atoms with Crippen LogP contribution >= 0.6 is 0 Å². The van der Waals surface area contributed by atoms with E-state index in [1.165, 1.54) is 0 Å². The van der Waals surface area contributed by atoms with Crippen molar-refractivity contribution in [3.05, 3.63) is 35.5 Å². The minimum Gasteiger partial charge on any atom is -0.361 e. The van der Waals surface area contributed by atoms with Crippen molar-refractivity contribution in [2.45, 2.75) is 31.8 Å². The third-order valence-corrected chi connectivity index (χ3v) is 5.15. The molecule has 0 bridgehead atoms. The molecule has 1 aromatic heterocycles. The van der Waals surface area contributed by atoms with Crippen LogP contribution in [0.4, 0.5) is 0 Å². The van der Waals surface area contributed by atoms with Gasteiger partial charge >= 0.3 is 0 Å². The van der Waals surface area contributed by atoms with Crippen molar-refractivity contribution in [1.82, 2.24) is 4.98 Å². The molecule has 0 atom stereocenters. The van der Waals surface area contributed by atoms with Crippen LogP contribution in [-0.2, 0) is 15.6 Å². The maximum absolute atomic E-state index is 11.9. The molecule has 92 valence electrons. The number of aryl methyl sites for hydroxylation is 1. The Morgan fingerprint density at radius 3 is 2.65 bits per heavy atom. The quantitative estimate of drug-likeness (QED) is 0.912. The second kappa shape index (κ2) is 4.18. The van der Waals surface area contributed by atoms with Gasteiger partial charge in [-0.2, -0.15) is 0 Å². The highest BCUT2D eigenvalue weighted by atomic mass is 32.2. The Bertz CT molecular complexity index is 638. The molecule has 0 unspecified atom stereocenters. The normalized spacial score (nSPS) is 12.5. The molecule has 2 aromatic rings. The van der Waals surface area contributed by atoms with Gasteiger partial charge in [0, 0.05) is 17.1 Å². The van der Waals surface area contributed by atoms with Gasteiger partial charge in [0.15, 0.2) is 9.84 Å². The molecule has 17 heavy (non-hydrogen) atoms. The van der Waals surface area contributed by atoms with Gasteiger partial charge in [0.2, 0.25) is 0 Å². The second-order valence-electron chi connectivity index (χ2n) is 4.72. The summed E-state index contributed by atoms with van der Waals surface area (Å²) in [6, 6.07) is 6.02. The van der Waals surface area contributed by atoms with E-state index in [0.29, 0.717) is 0 Å². The van der Waals surface area contributed by atoms with Crippen LogP contribution in [0.1, 0.15) is 25.0 Å². The number of benzene rings is 1. The summed E-state index contributed by atoms with van der Waals surface area (Å²) in [5.41, 5.74) is 2.99. The molecule has 2 rings (SSSR count). The molecule has 0 aliphatic heterocycles. The Morgan fingerprint density at radius 1 is 1.29 bits per heavy atom. The molecule has 0 radical (unpaired) electrons. The molecule has 3 nitrogen and oxygen atoms in total. The predicted molar refractivity (Wildman–Crippen MR) is 70.8 cm³/mol. The van der Waals surface area contributed by atoms with Gasteiger partial charge in [-0.25, -0.2) is 8.42 Å². The lowest BCUT2D eigenvalue weighted by molar-refractivity contribution is 0.586. The fourth-order valence-corrected chi connectivity index (χ4v) is 2.80. The molecule has 0 aliphatic carbocycles. The lowest BCUT2D eigenvalue weighted by Gasteiger charge is -2.06. The zero-order valence-electron chi connectivity index (χ0n) is 10.3. The summed E-state index contributed by atoms with van der Waals surface area (Å²) in [7, 11) is -3.05. The van der Waals surface area contributed by atoms with Gasteiger partial charge < -0.3 is 4.98 Å². The number of fused-ring (bicyclic) bond motifs is 1. The molecular formula is C13H17NO2S. The van der Waals surface area contributed by atoms with Crippen LogP contribution in [0.15, 0.2) is 24.4 Å². The van der Waals surface area contributed by atoms with E-state index in [0.717, 1.165) is 22.0 Å². The molecule has 1 heterocycles. The van der Waals surface area contributed by atoms with Crippen molar-refractivity contribution in [1.29, 1.82) is 0 Å². The van der Waals surface area contributed by atoms with E-state index in [1.54, 1.807) is 20.0 Å². The lowest BCUT2D eigenvalue weighted by atomic mass is 10.1. The number of hydrogen-bond donors (Lipinski definition) is 1. The highest BCUT2D eigenvalue weighted by Crippen LogP contribution is 2.22. The summed E-state index contributed by atoms with van der Waals surface area (Å²) in [4.78, 5) is 3.11. The summed E-state index contributed by atoms with van der Waals surface area (Å²) >= 11 is 0. The fraction of sp³-hybridized carbons (Fsp3) is 0.385. The van der Waals surface area contributed by atoms with Crippen molar-refractivity contribution in [2.24, 2.45) is 0 Å². The zero-order chi connectivity index (χ0) is 12.6. The number of aromatic nitrogens is 1. The summed E-state index contributed by atoms with van der Waals surface area (Å²) in [6.07, 6.45) is 1.80. The standard InChI is InChI=1S/C13H17NO2S/c1-9(2)17(15,16)8-11-7-14-13-5-4-10(3)6-12(11)13/h4-7,9,14H,8H2,1-3H3. The number of nitrogens with one attached hydrogen (secondary N) is 1. The minimum atomic E-state index is -3.05. The highest BCUT2D eigenvalue weighted by Gasteiger charge is 2.18. The maximum Gasteiger partial charge on any atom is 0.156 e. The fourth-order valence-electron chi connectivity index (χ4n) is 1.80.